The van der Waals surface area contributed by atoms with E-state index in [4.69, 9.17) is 23.9 Å². The fourth-order valence-electron chi connectivity index (χ4n) is 9.63. The van der Waals surface area contributed by atoms with Gasteiger partial charge in [-0.25, -0.2) is 4.98 Å². The fourth-order valence-corrected chi connectivity index (χ4v) is 9.63. The lowest BCUT2D eigenvalue weighted by atomic mass is 9.34. The summed E-state index contributed by atoms with van der Waals surface area (Å²) in [6, 6.07) is 68.6. The van der Waals surface area contributed by atoms with Crippen LogP contribution in [-0.4, -0.2) is 18.4 Å². The molecule has 9 heteroatoms. The Bertz CT molecular complexity index is 2930. The highest BCUT2D eigenvalue weighted by Crippen LogP contribution is 2.45. The second-order valence-corrected chi connectivity index (χ2v) is 15.8. The molecule has 1 aromatic heterocycles. The van der Waals surface area contributed by atoms with Crippen molar-refractivity contribution in [3.63, 3.8) is 0 Å². The van der Waals surface area contributed by atoms with Crippen LogP contribution >= 0.6 is 0 Å². The molecule has 0 spiro atoms. The Labute approximate surface area is 359 Å². The van der Waals surface area contributed by atoms with Crippen molar-refractivity contribution in [2.24, 2.45) is 0 Å². The average molecular weight is 797 g/mol. The van der Waals surface area contributed by atoms with Gasteiger partial charge in [0.25, 0.3) is 13.4 Å². The standard InChI is InChI=1S/C53H33B2N3O4/c1-5-17-34(18-6-1)57(35-19-7-2-8-20-35)38-30-46-51-47(31-38)61-49-33-42-53(56-52(49)55(51)41-26-14-16-28-44(41)60-46)62-48-32-39(29-45-50(48)54(42)40-25-13-15-27-43(40)59-45)58(36-21-9-3-10-22-36)37-23-11-4-12-24-37/h1-33H. The maximum absolute atomic E-state index is 7.07. The molecule has 4 aliphatic rings. The molecule has 5 heterocycles. The molecular formula is C53H33B2N3O4. The van der Waals surface area contributed by atoms with Crippen molar-refractivity contribution in [2.75, 3.05) is 9.80 Å². The minimum absolute atomic E-state index is 0.219. The predicted octanol–water partition coefficient (Wildman–Crippen LogP) is 9.48. The van der Waals surface area contributed by atoms with E-state index < -0.39 is 0 Å². The quantitative estimate of drug-likeness (QED) is 0.156. The maximum atomic E-state index is 7.07. The zero-order valence-electron chi connectivity index (χ0n) is 33.2. The zero-order valence-corrected chi connectivity index (χ0v) is 33.2. The van der Waals surface area contributed by atoms with E-state index in [2.05, 4.69) is 161 Å². The lowest BCUT2D eigenvalue weighted by molar-refractivity contribution is 0.446. The van der Waals surface area contributed by atoms with E-state index >= 15 is 0 Å². The summed E-state index contributed by atoms with van der Waals surface area (Å²) in [6.45, 7) is -0.488. The van der Waals surface area contributed by atoms with Crippen molar-refractivity contribution in [1.82, 2.24) is 4.98 Å². The number of hydrogen-bond acceptors (Lipinski definition) is 7. The number of para-hydroxylation sites is 6. The number of rotatable bonds is 6. The summed E-state index contributed by atoms with van der Waals surface area (Å²) in [5.74, 6) is 5.69. The first-order chi connectivity index (χ1) is 30.7. The Hall–Kier alpha value is -8.16. The van der Waals surface area contributed by atoms with Gasteiger partial charge in [0.05, 0.1) is 17.0 Å². The molecule has 62 heavy (non-hydrogen) atoms. The highest BCUT2D eigenvalue weighted by atomic mass is 16.5. The maximum Gasteiger partial charge on any atom is 0.284 e. The first-order valence-electron chi connectivity index (χ1n) is 20.8. The molecule has 0 amide bonds. The Morgan fingerprint density at radius 1 is 0.306 bits per heavy atom. The number of aromatic nitrogens is 1. The van der Waals surface area contributed by atoms with E-state index in [-0.39, 0.29) is 13.4 Å². The third-order valence-corrected chi connectivity index (χ3v) is 12.2. The lowest BCUT2D eigenvalue weighted by Crippen LogP contribution is -2.61. The first-order valence-corrected chi connectivity index (χ1v) is 20.8. The van der Waals surface area contributed by atoms with Crippen molar-refractivity contribution in [3.8, 4) is 46.1 Å². The van der Waals surface area contributed by atoms with Gasteiger partial charge in [-0.15, -0.1) is 0 Å². The number of hydrogen-bond donors (Lipinski definition) is 0. The van der Waals surface area contributed by atoms with Crippen molar-refractivity contribution in [3.05, 3.63) is 200 Å². The van der Waals surface area contributed by atoms with E-state index in [0.717, 1.165) is 95.8 Å². The van der Waals surface area contributed by atoms with Crippen molar-refractivity contribution < 1.29 is 18.9 Å². The molecule has 4 aliphatic heterocycles. The molecule has 7 nitrogen and oxygen atoms in total. The van der Waals surface area contributed by atoms with Crippen molar-refractivity contribution in [2.45, 2.75) is 0 Å². The molecular weight excluding hydrogens is 764 g/mol. The summed E-state index contributed by atoms with van der Waals surface area (Å²) >= 11 is 0. The average Bonchev–Trinajstić information content (AvgIpc) is 3.32. The van der Waals surface area contributed by atoms with Gasteiger partial charge in [0.1, 0.15) is 40.2 Å². The van der Waals surface area contributed by atoms with Gasteiger partial charge in [-0.3, -0.25) is 0 Å². The van der Waals surface area contributed by atoms with Crippen LogP contribution in [0.2, 0.25) is 0 Å². The van der Waals surface area contributed by atoms with Crippen LogP contribution in [0, 0.1) is 0 Å². The van der Waals surface area contributed by atoms with Crippen LogP contribution in [0.1, 0.15) is 0 Å². The van der Waals surface area contributed by atoms with Crippen LogP contribution in [0.15, 0.2) is 200 Å². The highest BCUT2D eigenvalue weighted by Gasteiger charge is 2.46. The summed E-state index contributed by atoms with van der Waals surface area (Å²) in [6.07, 6.45) is 0. The Kier molecular flexibility index (Phi) is 7.66. The topological polar surface area (TPSA) is 56.3 Å². The molecule has 13 rings (SSSR count). The van der Waals surface area contributed by atoms with Gasteiger partial charge in [-0.05, 0) is 83.1 Å². The molecule has 0 saturated carbocycles. The van der Waals surface area contributed by atoms with Gasteiger partial charge in [0, 0.05) is 57.9 Å². The number of benzene rings is 8. The molecule has 0 atom stereocenters. The van der Waals surface area contributed by atoms with Crippen molar-refractivity contribution >= 4 is 80.5 Å². The number of fused-ring (bicyclic) bond motifs is 8. The van der Waals surface area contributed by atoms with Crippen LogP contribution < -0.4 is 61.7 Å². The van der Waals surface area contributed by atoms with Crippen LogP contribution in [0.4, 0.5) is 34.1 Å². The minimum Gasteiger partial charge on any atom is -0.458 e. The number of pyridine rings is 1. The fraction of sp³-hybridized carbons (Fsp3) is 0. The summed E-state index contributed by atoms with van der Waals surface area (Å²) in [5.41, 5.74) is 11.6. The van der Waals surface area contributed by atoms with Crippen LogP contribution in [0.5, 0.6) is 46.1 Å². The van der Waals surface area contributed by atoms with E-state index in [9.17, 15) is 0 Å². The SMILES string of the molecule is c1ccc(N(c2ccccc2)c2cc3c4c(c2)Oc2nc5c(cc2B4c2ccccc2O3)Oc2cc(N(c3ccccc3)c3ccccc3)cc3c2B5c2ccccc2O3)cc1. The van der Waals surface area contributed by atoms with Gasteiger partial charge in [-0.2, -0.15) is 0 Å². The monoisotopic (exact) mass is 797 g/mol. The molecule has 0 bridgehead atoms. The number of nitrogens with zero attached hydrogens (tertiary/aromatic N) is 3. The lowest BCUT2D eigenvalue weighted by Gasteiger charge is -2.37. The summed E-state index contributed by atoms with van der Waals surface area (Å²) in [4.78, 5) is 9.94. The van der Waals surface area contributed by atoms with Crippen LogP contribution in [-0.2, 0) is 0 Å². The Morgan fingerprint density at radius 3 is 1.15 bits per heavy atom. The Balaban J connectivity index is 0.997. The van der Waals surface area contributed by atoms with Gasteiger partial charge in [-0.1, -0.05) is 109 Å². The second kappa shape index (κ2) is 13.7. The molecule has 8 aromatic carbocycles. The van der Waals surface area contributed by atoms with E-state index in [1.165, 1.54) is 0 Å². The summed E-state index contributed by atoms with van der Waals surface area (Å²) in [7, 11) is 0. The molecule has 0 unspecified atom stereocenters. The summed E-state index contributed by atoms with van der Waals surface area (Å²) < 4.78 is 27.7. The number of anilines is 6. The largest absolute Gasteiger partial charge is 0.458 e. The zero-order chi connectivity index (χ0) is 40.7. The smallest absolute Gasteiger partial charge is 0.284 e. The Morgan fingerprint density at radius 2 is 0.677 bits per heavy atom. The van der Waals surface area contributed by atoms with E-state index in [1.54, 1.807) is 0 Å². The molecule has 0 fully saturated rings. The molecule has 0 saturated heterocycles. The molecule has 0 N–H and O–H groups in total. The highest BCUT2D eigenvalue weighted by molar-refractivity contribution is 6.99. The predicted molar refractivity (Wildman–Crippen MR) is 249 cm³/mol. The number of ether oxygens (including phenoxy) is 4. The summed E-state index contributed by atoms with van der Waals surface area (Å²) in [5, 5.41) is 0. The van der Waals surface area contributed by atoms with E-state index in [1.807, 2.05) is 48.5 Å². The third kappa shape index (κ3) is 5.38. The molecule has 290 valence electrons. The van der Waals surface area contributed by atoms with Gasteiger partial charge in [0.15, 0.2) is 0 Å². The van der Waals surface area contributed by atoms with Crippen LogP contribution in [0.25, 0.3) is 0 Å². The molecule has 0 aliphatic carbocycles. The van der Waals surface area contributed by atoms with Gasteiger partial charge < -0.3 is 28.7 Å². The minimum atomic E-state index is -0.268. The normalized spacial score (nSPS) is 13.0. The van der Waals surface area contributed by atoms with Crippen molar-refractivity contribution in [1.29, 1.82) is 0 Å². The molecule has 9 aromatic rings. The third-order valence-electron chi connectivity index (χ3n) is 12.2. The van der Waals surface area contributed by atoms with Crippen LogP contribution in [0.3, 0.4) is 0 Å². The van der Waals surface area contributed by atoms with Gasteiger partial charge >= 0.3 is 0 Å². The van der Waals surface area contributed by atoms with E-state index in [0.29, 0.717) is 17.4 Å². The van der Waals surface area contributed by atoms with Gasteiger partial charge in [0.2, 0.25) is 5.88 Å². The second-order valence-electron chi connectivity index (χ2n) is 15.8. The first kappa shape index (κ1) is 34.7. The molecule has 0 radical (unpaired) electrons.